The van der Waals surface area contributed by atoms with Gasteiger partial charge >= 0.3 is 0 Å². The molecule has 98 valence electrons. The number of nitro benzene ring substituents is 1. The normalized spacial score (nSPS) is 11.9. The number of nitrogens with zero attached hydrogens (tertiary/aromatic N) is 1. The highest BCUT2D eigenvalue weighted by molar-refractivity contribution is 5.92. The van der Waals surface area contributed by atoms with Crippen LogP contribution in [0.25, 0.3) is 0 Å². The average Bonchev–Trinajstić information content (AvgIpc) is 2.36. The molecule has 0 fully saturated rings. The van der Waals surface area contributed by atoms with Crippen molar-refractivity contribution in [3.05, 3.63) is 34.4 Å². The van der Waals surface area contributed by atoms with Gasteiger partial charge in [-0.25, -0.2) is 0 Å². The molecule has 1 aromatic carbocycles. The number of non-ortho nitro benzene ring substituents is 1. The largest absolute Gasteiger partial charge is 0.330 e. The number of nitrogens with two attached hydrogens (primary N) is 1. The molecule has 0 saturated heterocycles. The Balaban J connectivity index is 2.56. The summed E-state index contributed by atoms with van der Waals surface area (Å²) in [6, 6.07) is 5.76. The third-order valence-corrected chi connectivity index (χ3v) is 2.63. The lowest BCUT2D eigenvalue weighted by Gasteiger charge is -2.11. The van der Waals surface area contributed by atoms with Gasteiger partial charge < -0.3 is 11.1 Å². The molecule has 1 unspecified atom stereocenters. The lowest BCUT2D eigenvalue weighted by molar-refractivity contribution is -0.384. The Hall–Kier alpha value is -1.95. The van der Waals surface area contributed by atoms with Crippen LogP contribution in [-0.2, 0) is 4.79 Å². The molecular weight excluding hydrogens is 234 g/mol. The van der Waals surface area contributed by atoms with E-state index < -0.39 is 4.92 Å². The van der Waals surface area contributed by atoms with Gasteiger partial charge in [-0.1, -0.05) is 6.92 Å². The molecule has 6 nitrogen and oxygen atoms in total. The number of nitrogens with one attached hydrogen (secondary N) is 1. The van der Waals surface area contributed by atoms with Crippen molar-refractivity contribution in [1.29, 1.82) is 0 Å². The molecule has 0 radical (unpaired) electrons. The summed E-state index contributed by atoms with van der Waals surface area (Å²) < 4.78 is 0. The minimum atomic E-state index is -0.477. The van der Waals surface area contributed by atoms with Crippen LogP contribution in [0.2, 0.25) is 0 Å². The molecule has 3 N–H and O–H groups in total. The summed E-state index contributed by atoms with van der Waals surface area (Å²) in [6.07, 6.45) is 1.53. The van der Waals surface area contributed by atoms with E-state index in [4.69, 9.17) is 5.73 Å². The van der Waals surface area contributed by atoms with E-state index in [-0.39, 0.29) is 17.5 Å². The zero-order valence-electron chi connectivity index (χ0n) is 10.3. The van der Waals surface area contributed by atoms with E-state index in [1.165, 1.54) is 24.3 Å². The smallest absolute Gasteiger partial charge is 0.269 e. The third kappa shape index (κ3) is 4.14. The van der Waals surface area contributed by atoms with Crippen molar-refractivity contribution in [2.75, 3.05) is 11.9 Å². The molecule has 0 aliphatic rings. The summed E-state index contributed by atoms with van der Waals surface area (Å²) in [5.74, 6) is -0.221. The highest BCUT2D eigenvalue weighted by Gasteiger charge is 2.13. The average molecular weight is 251 g/mol. The number of nitro groups is 1. The second-order valence-electron chi connectivity index (χ2n) is 4.13. The minimum Gasteiger partial charge on any atom is -0.330 e. The molecule has 1 rings (SSSR count). The lowest BCUT2D eigenvalue weighted by Crippen LogP contribution is -2.21. The standard InChI is InChI=1S/C12H17N3O3/c1-9(3-2-8-13)12(16)14-10-4-6-11(7-5-10)15(17)18/h4-7,9H,2-3,8,13H2,1H3,(H,14,16). The van der Waals surface area contributed by atoms with Gasteiger partial charge in [-0.2, -0.15) is 0 Å². The highest BCUT2D eigenvalue weighted by atomic mass is 16.6. The van der Waals surface area contributed by atoms with Gasteiger partial charge in [-0.15, -0.1) is 0 Å². The van der Waals surface area contributed by atoms with Crippen LogP contribution in [0.15, 0.2) is 24.3 Å². The van der Waals surface area contributed by atoms with Gasteiger partial charge in [0.25, 0.3) is 5.69 Å². The van der Waals surface area contributed by atoms with Crippen LogP contribution in [0.1, 0.15) is 19.8 Å². The van der Waals surface area contributed by atoms with E-state index in [1.54, 1.807) is 0 Å². The van der Waals surface area contributed by atoms with Crippen LogP contribution in [0, 0.1) is 16.0 Å². The van der Waals surface area contributed by atoms with Crippen LogP contribution in [-0.4, -0.2) is 17.4 Å². The lowest BCUT2D eigenvalue weighted by atomic mass is 10.0. The Morgan fingerprint density at radius 1 is 1.44 bits per heavy atom. The fourth-order valence-electron chi connectivity index (χ4n) is 1.49. The van der Waals surface area contributed by atoms with E-state index >= 15 is 0 Å². The number of amides is 1. The van der Waals surface area contributed by atoms with E-state index in [9.17, 15) is 14.9 Å². The fourth-order valence-corrected chi connectivity index (χ4v) is 1.49. The summed E-state index contributed by atoms with van der Waals surface area (Å²) in [5.41, 5.74) is 5.94. The predicted molar refractivity (Wildman–Crippen MR) is 69.2 cm³/mol. The quantitative estimate of drug-likeness (QED) is 0.596. The molecule has 0 spiro atoms. The Morgan fingerprint density at radius 2 is 2.06 bits per heavy atom. The molecule has 6 heteroatoms. The molecular formula is C12H17N3O3. The van der Waals surface area contributed by atoms with Crippen molar-refractivity contribution in [2.45, 2.75) is 19.8 Å². The van der Waals surface area contributed by atoms with Gasteiger partial charge in [0.15, 0.2) is 0 Å². The fraction of sp³-hybridized carbons (Fsp3) is 0.417. The Labute approximate surface area is 105 Å². The molecule has 1 amide bonds. The van der Waals surface area contributed by atoms with E-state index in [0.717, 1.165) is 12.8 Å². The molecule has 1 aromatic rings. The monoisotopic (exact) mass is 251 g/mol. The van der Waals surface area contributed by atoms with Gasteiger partial charge in [-0.3, -0.25) is 14.9 Å². The van der Waals surface area contributed by atoms with Crippen molar-refractivity contribution >= 4 is 17.3 Å². The Bertz CT molecular complexity index is 417. The first-order valence-corrected chi connectivity index (χ1v) is 5.80. The summed E-state index contributed by atoms with van der Waals surface area (Å²) in [6.45, 7) is 2.39. The zero-order valence-corrected chi connectivity index (χ0v) is 10.3. The molecule has 18 heavy (non-hydrogen) atoms. The summed E-state index contributed by atoms with van der Waals surface area (Å²) in [5, 5.41) is 13.2. The maximum absolute atomic E-state index is 11.8. The number of benzene rings is 1. The summed E-state index contributed by atoms with van der Waals surface area (Å²) in [7, 11) is 0. The van der Waals surface area contributed by atoms with Crippen molar-refractivity contribution < 1.29 is 9.72 Å². The van der Waals surface area contributed by atoms with E-state index in [0.29, 0.717) is 12.2 Å². The molecule has 0 aliphatic carbocycles. The summed E-state index contributed by atoms with van der Waals surface area (Å²) in [4.78, 5) is 21.7. The number of carbonyl (C=O) groups excluding carboxylic acids is 1. The second-order valence-corrected chi connectivity index (χ2v) is 4.13. The number of hydrogen-bond donors (Lipinski definition) is 2. The number of anilines is 1. The van der Waals surface area contributed by atoms with Crippen molar-refractivity contribution in [3.63, 3.8) is 0 Å². The summed E-state index contributed by atoms with van der Waals surface area (Å²) >= 11 is 0. The van der Waals surface area contributed by atoms with Crippen LogP contribution < -0.4 is 11.1 Å². The van der Waals surface area contributed by atoms with Crippen LogP contribution in [0.4, 0.5) is 11.4 Å². The van der Waals surface area contributed by atoms with Gasteiger partial charge in [0.1, 0.15) is 0 Å². The maximum Gasteiger partial charge on any atom is 0.269 e. The van der Waals surface area contributed by atoms with E-state index in [2.05, 4.69) is 5.32 Å². The van der Waals surface area contributed by atoms with E-state index in [1.807, 2.05) is 6.92 Å². The SMILES string of the molecule is CC(CCCN)C(=O)Nc1ccc([N+](=O)[O-])cc1. The first-order chi connectivity index (χ1) is 8.54. The maximum atomic E-state index is 11.8. The number of hydrogen-bond acceptors (Lipinski definition) is 4. The van der Waals surface area contributed by atoms with Gasteiger partial charge in [-0.05, 0) is 31.5 Å². The number of carbonyl (C=O) groups is 1. The van der Waals surface area contributed by atoms with Crippen molar-refractivity contribution in [3.8, 4) is 0 Å². The highest BCUT2D eigenvalue weighted by Crippen LogP contribution is 2.16. The second kappa shape index (κ2) is 6.70. The van der Waals surface area contributed by atoms with Crippen molar-refractivity contribution in [2.24, 2.45) is 11.7 Å². The third-order valence-electron chi connectivity index (χ3n) is 2.63. The molecule has 1 atom stereocenters. The first kappa shape index (κ1) is 14.1. The molecule has 0 heterocycles. The molecule has 0 bridgehead atoms. The molecule has 0 aromatic heterocycles. The Kier molecular flexibility index (Phi) is 5.26. The Morgan fingerprint density at radius 3 is 2.56 bits per heavy atom. The topological polar surface area (TPSA) is 98.3 Å². The van der Waals surface area contributed by atoms with Crippen molar-refractivity contribution in [1.82, 2.24) is 0 Å². The minimum absolute atomic E-state index is 0.00387. The number of rotatable bonds is 6. The predicted octanol–water partition coefficient (Wildman–Crippen LogP) is 1.91. The van der Waals surface area contributed by atoms with Gasteiger partial charge in [0, 0.05) is 23.7 Å². The van der Waals surface area contributed by atoms with Gasteiger partial charge in [0.2, 0.25) is 5.91 Å². The molecule has 0 aliphatic heterocycles. The van der Waals surface area contributed by atoms with Crippen LogP contribution in [0.5, 0.6) is 0 Å². The van der Waals surface area contributed by atoms with Crippen LogP contribution in [0.3, 0.4) is 0 Å². The molecule has 0 saturated carbocycles. The first-order valence-electron chi connectivity index (χ1n) is 5.80. The zero-order chi connectivity index (χ0) is 13.5. The van der Waals surface area contributed by atoms with Gasteiger partial charge in [0.05, 0.1) is 4.92 Å². The van der Waals surface area contributed by atoms with Crippen LogP contribution >= 0.6 is 0 Å².